The number of nitrogens with zero attached hydrogens (tertiary/aromatic N) is 2. The highest BCUT2D eigenvalue weighted by atomic mass is 32.2. The van der Waals surface area contributed by atoms with Crippen LogP contribution in [-0.4, -0.2) is 54.3 Å². The Morgan fingerprint density at radius 2 is 1.88 bits per heavy atom. The van der Waals surface area contributed by atoms with Gasteiger partial charge in [-0.15, -0.1) is 0 Å². The number of sulfonamides is 1. The van der Waals surface area contributed by atoms with Crippen LogP contribution in [0.25, 0.3) is 0 Å². The van der Waals surface area contributed by atoms with Crippen LogP contribution in [0, 0.1) is 23.0 Å². The Morgan fingerprint density at radius 1 is 1.19 bits per heavy atom. The van der Waals surface area contributed by atoms with Gasteiger partial charge < -0.3 is 14.9 Å². The lowest BCUT2D eigenvalue weighted by molar-refractivity contribution is -0.137. The van der Waals surface area contributed by atoms with Crippen molar-refractivity contribution in [2.75, 3.05) is 19.7 Å². The van der Waals surface area contributed by atoms with Gasteiger partial charge >= 0.3 is 6.18 Å². The van der Waals surface area contributed by atoms with E-state index in [1.165, 1.54) is 6.07 Å². The third kappa shape index (κ3) is 4.40. The van der Waals surface area contributed by atoms with Crippen LogP contribution >= 0.6 is 0 Å². The van der Waals surface area contributed by atoms with E-state index in [2.05, 4.69) is 0 Å². The number of nitriles is 1. The summed E-state index contributed by atoms with van der Waals surface area (Å²) in [5.41, 5.74) is -4.16. The summed E-state index contributed by atoms with van der Waals surface area (Å²) in [5, 5.41) is 29.4. The molecule has 1 unspecified atom stereocenters. The molecule has 1 heterocycles. The lowest BCUT2D eigenvalue weighted by Crippen LogP contribution is -2.48. The molecule has 1 saturated heterocycles. The van der Waals surface area contributed by atoms with Crippen LogP contribution in [0.15, 0.2) is 41.3 Å². The minimum atomic E-state index is -4.80. The number of β-amino-alcohol motifs (C(OH)–C–C–N with tert-alkyl or cyclic N) is 1. The van der Waals surface area contributed by atoms with Crippen molar-refractivity contribution in [2.24, 2.45) is 0 Å². The Bertz CT molecular complexity index is 1180. The van der Waals surface area contributed by atoms with Gasteiger partial charge in [0.15, 0.2) is 11.6 Å². The van der Waals surface area contributed by atoms with Crippen molar-refractivity contribution < 1.29 is 45.3 Å². The number of halogens is 5. The third-order valence-electron chi connectivity index (χ3n) is 4.91. The maximum absolute atomic E-state index is 13.4. The largest absolute Gasteiger partial charge is 0.486 e. The Morgan fingerprint density at radius 3 is 2.44 bits per heavy atom. The van der Waals surface area contributed by atoms with Gasteiger partial charge in [0.25, 0.3) is 0 Å². The number of hydrogen-bond donors (Lipinski definition) is 2. The molecule has 2 atom stereocenters. The van der Waals surface area contributed by atoms with E-state index in [-0.39, 0.29) is 5.75 Å². The average molecular weight is 478 g/mol. The molecule has 2 aromatic carbocycles. The van der Waals surface area contributed by atoms with Crippen LogP contribution in [0.5, 0.6) is 5.75 Å². The average Bonchev–Trinajstić information content (AvgIpc) is 3.07. The quantitative estimate of drug-likeness (QED) is 0.637. The van der Waals surface area contributed by atoms with Crippen molar-refractivity contribution in [3.8, 4) is 11.8 Å². The summed E-state index contributed by atoms with van der Waals surface area (Å²) in [7, 11) is -4.61. The van der Waals surface area contributed by atoms with Crippen LogP contribution in [0.3, 0.4) is 0 Å². The predicted molar refractivity (Wildman–Crippen MR) is 97.7 cm³/mol. The molecular weight excluding hydrogens is 463 g/mol. The molecule has 13 heteroatoms. The van der Waals surface area contributed by atoms with Gasteiger partial charge in [-0.1, -0.05) is 0 Å². The monoisotopic (exact) mass is 478 g/mol. The lowest BCUT2D eigenvalue weighted by Gasteiger charge is -2.27. The molecule has 172 valence electrons. The smallest absolute Gasteiger partial charge is 0.416 e. The normalized spacial score (nSPS) is 22.0. The first-order valence-corrected chi connectivity index (χ1v) is 10.3. The Labute approximate surface area is 178 Å². The number of aliphatic hydroxyl groups excluding tert-OH is 1. The SMILES string of the molecule is N#Cc1cc(C(F)(F)F)ccc1S(=O)(=O)N1CC(Oc2ccc(F)c(F)c2)[C@](O)(CO)C1. The second kappa shape index (κ2) is 8.28. The van der Waals surface area contributed by atoms with Crippen molar-refractivity contribution in [1.82, 2.24) is 4.31 Å². The zero-order chi connectivity index (χ0) is 23.9. The van der Waals surface area contributed by atoms with Crippen molar-refractivity contribution in [3.63, 3.8) is 0 Å². The lowest BCUT2D eigenvalue weighted by atomic mass is 10.0. The number of hydrogen-bond acceptors (Lipinski definition) is 6. The molecule has 0 bridgehead atoms. The van der Waals surface area contributed by atoms with Gasteiger partial charge in [-0.2, -0.15) is 22.7 Å². The standard InChI is InChI=1S/C19H15F5N2O5S/c20-14-3-2-13(6-15(14)21)31-17-8-26(9-18(17,28)10-27)32(29,30)16-4-1-12(19(22,23)24)5-11(16)7-25/h1-6,17,27-28H,8-10H2/t17?,18-/m1/s1. The van der Waals surface area contributed by atoms with Crippen LogP contribution in [0.1, 0.15) is 11.1 Å². The molecule has 1 fully saturated rings. The maximum atomic E-state index is 13.4. The van der Waals surface area contributed by atoms with Gasteiger partial charge in [-0.3, -0.25) is 0 Å². The highest BCUT2D eigenvalue weighted by Gasteiger charge is 2.51. The van der Waals surface area contributed by atoms with Gasteiger partial charge in [0.2, 0.25) is 10.0 Å². The topological polar surface area (TPSA) is 111 Å². The molecule has 7 nitrogen and oxygen atoms in total. The molecule has 32 heavy (non-hydrogen) atoms. The fourth-order valence-electron chi connectivity index (χ4n) is 3.18. The van der Waals surface area contributed by atoms with Crippen molar-refractivity contribution in [2.45, 2.75) is 22.8 Å². The molecule has 2 N–H and O–H groups in total. The Hall–Kier alpha value is -2.79. The minimum absolute atomic E-state index is 0.257. The van der Waals surface area contributed by atoms with Crippen molar-refractivity contribution >= 4 is 10.0 Å². The summed E-state index contributed by atoms with van der Waals surface area (Å²) in [6, 6.07) is 5.34. The van der Waals surface area contributed by atoms with Gasteiger partial charge in [-0.25, -0.2) is 17.2 Å². The molecule has 3 rings (SSSR count). The van der Waals surface area contributed by atoms with E-state index in [9.17, 15) is 45.8 Å². The van der Waals surface area contributed by atoms with Crippen molar-refractivity contribution in [1.29, 1.82) is 5.26 Å². The number of benzene rings is 2. The summed E-state index contributed by atoms with van der Waals surface area (Å²) in [6.45, 7) is -2.30. The molecule has 0 aliphatic carbocycles. The molecule has 0 spiro atoms. The molecular formula is C19H15F5N2O5S. The molecule has 0 saturated carbocycles. The molecule has 2 aromatic rings. The van der Waals surface area contributed by atoms with Gasteiger partial charge in [0, 0.05) is 12.6 Å². The third-order valence-corrected chi connectivity index (χ3v) is 6.78. The second-order valence-electron chi connectivity index (χ2n) is 7.06. The second-order valence-corrected chi connectivity index (χ2v) is 8.97. The number of rotatable bonds is 5. The molecule has 1 aliphatic heterocycles. The maximum Gasteiger partial charge on any atom is 0.416 e. The fraction of sp³-hybridized carbons (Fsp3) is 0.316. The van der Waals surface area contributed by atoms with E-state index in [4.69, 9.17) is 4.74 Å². The highest BCUT2D eigenvalue weighted by molar-refractivity contribution is 7.89. The first kappa shape index (κ1) is 23.9. The Balaban J connectivity index is 1.94. The summed E-state index contributed by atoms with van der Waals surface area (Å²) < 4.78 is 97.2. The zero-order valence-electron chi connectivity index (χ0n) is 16.0. The first-order valence-electron chi connectivity index (χ1n) is 8.88. The minimum Gasteiger partial charge on any atom is -0.486 e. The number of aliphatic hydroxyl groups is 2. The highest BCUT2D eigenvalue weighted by Crippen LogP contribution is 2.35. The van der Waals surface area contributed by atoms with Crippen LogP contribution in [0.2, 0.25) is 0 Å². The fourth-order valence-corrected chi connectivity index (χ4v) is 4.81. The van der Waals surface area contributed by atoms with Gasteiger partial charge in [-0.05, 0) is 30.3 Å². The predicted octanol–water partition coefficient (Wildman–Crippen LogP) is 2.03. The molecule has 0 aromatic heterocycles. The van der Waals surface area contributed by atoms with Crippen molar-refractivity contribution in [3.05, 3.63) is 59.2 Å². The first-order chi connectivity index (χ1) is 14.8. The van der Waals surface area contributed by atoms with Gasteiger partial charge in [0.05, 0.1) is 29.2 Å². The number of alkyl halides is 3. The Kier molecular flexibility index (Phi) is 6.18. The summed E-state index contributed by atoms with van der Waals surface area (Å²) in [6.07, 6.45) is -6.24. The summed E-state index contributed by atoms with van der Waals surface area (Å²) >= 11 is 0. The van der Waals surface area contributed by atoms with Crippen LogP contribution in [-0.2, 0) is 16.2 Å². The summed E-state index contributed by atoms with van der Waals surface area (Å²) in [4.78, 5) is -0.734. The van der Waals surface area contributed by atoms with E-state index in [1.807, 2.05) is 0 Å². The van der Waals surface area contributed by atoms with Crippen LogP contribution < -0.4 is 4.74 Å². The zero-order valence-corrected chi connectivity index (χ0v) is 16.8. The molecule has 1 aliphatic rings. The van der Waals surface area contributed by atoms with E-state index in [0.717, 1.165) is 12.1 Å². The van der Waals surface area contributed by atoms with E-state index in [0.29, 0.717) is 28.6 Å². The molecule has 0 radical (unpaired) electrons. The molecule has 0 amide bonds. The summed E-state index contributed by atoms with van der Waals surface area (Å²) in [5.74, 6) is -2.69. The van der Waals surface area contributed by atoms with E-state index >= 15 is 0 Å². The van der Waals surface area contributed by atoms with Crippen LogP contribution in [0.4, 0.5) is 22.0 Å². The van der Waals surface area contributed by atoms with E-state index < -0.39 is 75.3 Å². The van der Waals surface area contributed by atoms with E-state index in [1.54, 1.807) is 0 Å². The van der Waals surface area contributed by atoms with Gasteiger partial charge in [0.1, 0.15) is 23.5 Å². The number of ether oxygens (including phenoxy) is 1.